The number of carbonyl (C=O) groups excluding carboxylic acids is 1. The van der Waals surface area contributed by atoms with E-state index in [0.717, 1.165) is 31.2 Å². The van der Waals surface area contributed by atoms with Crippen molar-refractivity contribution in [2.45, 2.75) is 44.9 Å². The quantitative estimate of drug-likeness (QED) is 0.610. The molecule has 1 atom stereocenters. The van der Waals surface area contributed by atoms with Crippen LogP contribution < -0.4 is 4.74 Å². The molecule has 0 saturated heterocycles. The molecule has 0 fully saturated rings. The molecule has 0 aromatic heterocycles. The first-order valence-electron chi connectivity index (χ1n) is 8.02. The SMILES string of the molecule is CC(=O)Oc1ccc(CC[C@@]2(C)CCc3cc(F)ccc32)cc1. The summed E-state index contributed by atoms with van der Waals surface area (Å²) in [5, 5.41) is 0. The molecule has 2 aromatic rings. The Kier molecular flexibility index (Phi) is 4.20. The lowest BCUT2D eigenvalue weighted by molar-refractivity contribution is -0.131. The Morgan fingerprint density at radius 1 is 1.22 bits per heavy atom. The number of fused-ring (bicyclic) bond motifs is 1. The van der Waals surface area contributed by atoms with E-state index in [1.807, 2.05) is 30.3 Å². The van der Waals surface area contributed by atoms with Crippen molar-refractivity contribution < 1.29 is 13.9 Å². The molecule has 0 saturated carbocycles. The van der Waals surface area contributed by atoms with Gasteiger partial charge >= 0.3 is 5.97 Å². The summed E-state index contributed by atoms with van der Waals surface area (Å²) in [4.78, 5) is 10.9. The number of esters is 1. The van der Waals surface area contributed by atoms with Gasteiger partial charge in [0.25, 0.3) is 0 Å². The number of aryl methyl sites for hydroxylation is 2. The summed E-state index contributed by atoms with van der Waals surface area (Å²) < 4.78 is 18.4. The van der Waals surface area contributed by atoms with Crippen molar-refractivity contribution in [3.63, 3.8) is 0 Å². The van der Waals surface area contributed by atoms with Crippen molar-refractivity contribution >= 4 is 5.97 Å². The standard InChI is InChI=1S/C20H21FO2/c1-14(22)23-18-6-3-15(4-7-18)9-11-20(2)12-10-16-13-17(21)5-8-19(16)20/h3-8,13H,9-12H2,1-2H3/t20-/m0/s1. The van der Waals surface area contributed by atoms with Crippen LogP contribution >= 0.6 is 0 Å². The van der Waals surface area contributed by atoms with Gasteiger partial charge in [0.2, 0.25) is 0 Å². The Morgan fingerprint density at radius 2 is 1.96 bits per heavy atom. The van der Waals surface area contributed by atoms with Gasteiger partial charge in [-0.15, -0.1) is 0 Å². The number of hydrogen-bond donors (Lipinski definition) is 0. The number of halogens is 1. The van der Waals surface area contributed by atoms with Crippen molar-refractivity contribution in [3.05, 3.63) is 65.0 Å². The molecule has 0 bridgehead atoms. The normalized spacial score (nSPS) is 19.4. The molecule has 0 aliphatic heterocycles. The van der Waals surface area contributed by atoms with E-state index in [0.29, 0.717) is 5.75 Å². The first-order chi connectivity index (χ1) is 11.0. The zero-order valence-electron chi connectivity index (χ0n) is 13.6. The fourth-order valence-electron chi connectivity index (χ4n) is 3.47. The maximum atomic E-state index is 13.4. The fraction of sp³-hybridized carbons (Fsp3) is 0.350. The highest BCUT2D eigenvalue weighted by Crippen LogP contribution is 2.42. The van der Waals surface area contributed by atoms with E-state index in [1.54, 1.807) is 12.1 Å². The van der Waals surface area contributed by atoms with Crippen LogP contribution in [0.25, 0.3) is 0 Å². The molecule has 0 unspecified atom stereocenters. The molecule has 0 radical (unpaired) electrons. The third kappa shape index (κ3) is 3.44. The van der Waals surface area contributed by atoms with Gasteiger partial charge in [-0.3, -0.25) is 4.79 Å². The minimum absolute atomic E-state index is 0.109. The lowest BCUT2D eigenvalue weighted by Gasteiger charge is -2.25. The van der Waals surface area contributed by atoms with Crippen LogP contribution in [0.3, 0.4) is 0 Å². The second-order valence-corrected chi connectivity index (χ2v) is 6.60. The van der Waals surface area contributed by atoms with Gasteiger partial charge in [0, 0.05) is 6.92 Å². The number of benzene rings is 2. The summed E-state index contributed by atoms with van der Waals surface area (Å²) in [7, 11) is 0. The molecule has 3 rings (SSSR count). The number of ether oxygens (including phenoxy) is 1. The minimum Gasteiger partial charge on any atom is -0.427 e. The third-order valence-corrected chi connectivity index (χ3v) is 4.81. The van der Waals surface area contributed by atoms with Crippen molar-refractivity contribution in [1.82, 2.24) is 0 Å². The van der Waals surface area contributed by atoms with E-state index < -0.39 is 0 Å². The summed E-state index contributed by atoms with van der Waals surface area (Å²) in [6.07, 6.45) is 4.00. The van der Waals surface area contributed by atoms with Crippen LogP contribution in [-0.4, -0.2) is 5.97 Å². The van der Waals surface area contributed by atoms with E-state index in [-0.39, 0.29) is 17.2 Å². The zero-order chi connectivity index (χ0) is 16.4. The predicted octanol–water partition coefficient (Wildman–Crippen LogP) is 4.59. The highest BCUT2D eigenvalue weighted by Gasteiger charge is 2.33. The molecule has 120 valence electrons. The molecule has 1 aliphatic carbocycles. The minimum atomic E-state index is -0.306. The molecule has 0 heterocycles. The molecule has 3 heteroatoms. The first kappa shape index (κ1) is 15.7. The molecular weight excluding hydrogens is 291 g/mol. The van der Waals surface area contributed by atoms with Crippen LogP contribution in [0, 0.1) is 5.82 Å². The summed E-state index contributed by atoms with van der Waals surface area (Å²) >= 11 is 0. The van der Waals surface area contributed by atoms with Crippen LogP contribution in [0.15, 0.2) is 42.5 Å². The summed E-state index contributed by atoms with van der Waals surface area (Å²) in [6.45, 7) is 3.67. The van der Waals surface area contributed by atoms with Gasteiger partial charge < -0.3 is 4.74 Å². The van der Waals surface area contributed by atoms with E-state index in [2.05, 4.69) is 6.92 Å². The van der Waals surface area contributed by atoms with Gasteiger partial charge in [0.1, 0.15) is 11.6 Å². The van der Waals surface area contributed by atoms with Crippen LogP contribution in [0.2, 0.25) is 0 Å². The Morgan fingerprint density at radius 3 is 2.65 bits per heavy atom. The van der Waals surface area contributed by atoms with Crippen LogP contribution in [0.1, 0.15) is 43.4 Å². The van der Waals surface area contributed by atoms with Crippen molar-refractivity contribution in [2.75, 3.05) is 0 Å². The average molecular weight is 312 g/mol. The maximum Gasteiger partial charge on any atom is 0.308 e. The van der Waals surface area contributed by atoms with E-state index >= 15 is 0 Å². The van der Waals surface area contributed by atoms with Gasteiger partial charge in [0.05, 0.1) is 0 Å². The lowest BCUT2D eigenvalue weighted by atomic mass is 9.79. The van der Waals surface area contributed by atoms with Crippen LogP contribution in [0.5, 0.6) is 5.75 Å². The molecule has 23 heavy (non-hydrogen) atoms. The number of carbonyl (C=O) groups is 1. The Labute approximate surface area is 136 Å². The van der Waals surface area contributed by atoms with Crippen LogP contribution in [-0.2, 0) is 23.1 Å². The molecule has 0 amide bonds. The molecule has 0 N–H and O–H groups in total. The van der Waals surface area contributed by atoms with E-state index in [1.165, 1.54) is 18.1 Å². The second kappa shape index (κ2) is 6.15. The maximum absolute atomic E-state index is 13.4. The smallest absolute Gasteiger partial charge is 0.308 e. The van der Waals surface area contributed by atoms with Gasteiger partial charge in [-0.2, -0.15) is 0 Å². The fourth-order valence-corrected chi connectivity index (χ4v) is 3.47. The second-order valence-electron chi connectivity index (χ2n) is 6.60. The molecule has 2 nitrogen and oxygen atoms in total. The third-order valence-electron chi connectivity index (χ3n) is 4.81. The monoisotopic (exact) mass is 312 g/mol. The number of hydrogen-bond acceptors (Lipinski definition) is 2. The molecule has 0 spiro atoms. The van der Waals surface area contributed by atoms with Gasteiger partial charge in [-0.05, 0) is 72.1 Å². The van der Waals surface area contributed by atoms with Crippen molar-refractivity contribution in [3.8, 4) is 5.75 Å². The van der Waals surface area contributed by atoms with Crippen molar-refractivity contribution in [1.29, 1.82) is 0 Å². The van der Waals surface area contributed by atoms with Gasteiger partial charge in [-0.1, -0.05) is 25.1 Å². The summed E-state index contributed by atoms with van der Waals surface area (Å²) in [5.41, 5.74) is 3.77. The van der Waals surface area contributed by atoms with Gasteiger partial charge in [-0.25, -0.2) is 4.39 Å². The molecular formula is C20H21FO2. The van der Waals surface area contributed by atoms with E-state index in [9.17, 15) is 9.18 Å². The largest absolute Gasteiger partial charge is 0.427 e. The van der Waals surface area contributed by atoms with Crippen LogP contribution in [0.4, 0.5) is 4.39 Å². The Balaban J connectivity index is 1.68. The highest BCUT2D eigenvalue weighted by molar-refractivity contribution is 5.69. The average Bonchev–Trinajstić information content (AvgIpc) is 2.83. The first-order valence-corrected chi connectivity index (χ1v) is 8.02. The molecule has 1 aliphatic rings. The molecule has 2 aromatic carbocycles. The Bertz CT molecular complexity index is 721. The summed E-state index contributed by atoms with van der Waals surface area (Å²) in [6, 6.07) is 12.9. The lowest BCUT2D eigenvalue weighted by Crippen LogP contribution is -2.19. The van der Waals surface area contributed by atoms with E-state index in [4.69, 9.17) is 4.74 Å². The topological polar surface area (TPSA) is 26.3 Å². The van der Waals surface area contributed by atoms with Crippen molar-refractivity contribution in [2.24, 2.45) is 0 Å². The van der Waals surface area contributed by atoms with Gasteiger partial charge in [0.15, 0.2) is 0 Å². The summed E-state index contributed by atoms with van der Waals surface area (Å²) in [5.74, 6) is 0.128. The Hall–Kier alpha value is -2.16. The highest BCUT2D eigenvalue weighted by atomic mass is 19.1. The predicted molar refractivity (Wildman–Crippen MR) is 88.1 cm³/mol. The number of rotatable bonds is 4. The zero-order valence-corrected chi connectivity index (χ0v) is 13.6.